The molecule has 110 valence electrons. The topological polar surface area (TPSA) is 41.1 Å². The molecule has 1 aromatic heterocycles. The van der Waals surface area contributed by atoms with Gasteiger partial charge in [0.25, 0.3) is 5.91 Å². The molecule has 21 heavy (non-hydrogen) atoms. The summed E-state index contributed by atoms with van der Waals surface area (Å²) in [6.45, 7) is 0. The Morgan fingerprint density at radius 2 is 2.14 bits per heavy atom. The smallest absolute Gasteiger partial charge is 0.252 e. The first-order valence-corrected chi connectivity index (χ1v) is 8.22. The summed E-state index contributed by atoms with van der Waals surface area (Å²) in [6.07, 6.45) is 2.08. The lowest BCUT2D eigenvalue weighted by atomic mass is 10.1. The Hall–Kier alpha value is -1.23. The van der Waals surface area contributed by atoms with E-state index < -0.39 is 0 Å². The summed E-state index contributed by atoms with van der Waals surface area (Å²) in [5.41, 5.74) is 2.63. The largest absolute Gasteiger partial charge is 0.378 e. The van der Waals surface area contributed by atoms with E-state index in [0.29, 0.717) is 10.6 Å². The molecule has 0 fully saturated rings. The molecule has 0 spiro atoms. The number of hydrogen-bond acceptors (Lipinski definition) is 3. The van der Waals surface area contributed by atoms with Crippen molar-refractivity contribution in [3.63, 3.8) is 0 Å². The van der Waals surface area contributed by atoms with Crippen molar-refractivity contribution in [3.05, 3.63) is 49.6 Å². The van der Waals surface area contributed by atoms with Crippen LogP contribution in [0.4, 0.5) is 5.69 Å². The van der Waals surface area contributed by atoms with Crippen molar-refractivity contribution in [2.45, 2.75) is 18.9 Å². The number of anilines is 1. The van der Waals surface area contributed by atoms with Gasteiger partial charge >= 0.3 is 0 Å². The fourth-order valence-corrected chi connectivity index (χ4v) is 4.17. The number of hydrogen-bond donors (Lipinski definition) is 2. The van der Waals surface area contributed by atoms with Crippen LogP contribution in [-0.4, -0.2) is 13.0 Å². The Balaban J connectivity index is 1.84. The lowest BCUT2D eigenvalue weighted by molar-refractivity contribution is 0.0963. The van der Waals surface area contributed by atoms with Gasteiger partial charge in [0.2, 0.25) is 0 Å². The molecule has 2 N–H and O–H groups in total. The van der Waals surface area contributed by atoms with Gasteiger partial charge < -0.3 is 10.6 Å². The predicted molar refractivity (Wildman–Crippen MR) is 88.9 cm³/mol. The van der Waals surface area contributed by atoms with Gasteiger partial charge in [-0.15, -0.1) is 11.3 Å². The van der Waals surface area contributed by atoms with Crippen molar-refractivity contribution >= 4 is 46.1 Å². The van der Waals surface area contributed by atoms with Crippen LogP contribution in [0.25, 0.3) is 0 Å². The van der Waals surface area contributed by atoms with Crippen molar-refractivity contribution in [1.82, 2.24) is 5.32 Å². The van der Waals surface area contributed by atoms with Gasteiger partial charge in [-0.1, -0.05) is 23.2 Å². The molecule has 0 saturated carbocycles. The van der Waals surface area contributed by atoms with Gasteiger partial charge in [-0.25, -0.2) is 0 Å². The molecule has 0 aliphatic heterocycles. The van der Waals surface area contributed by atoms with E-state index in [1.807, 2.05) is 12.1 Å². The maximum atomic E-state index is 11.8. The summed E-state index contributed by atoms with van der Waals surface area (Å²) in [6, 6.07) is 7.68. The van der Waals surface area contributed by atoms with Gasteiger partial charge in [-0.3, -0.25) is 4.79 Å². The van der Waals surface area contributed by atoms with E-state index in [0.717, 1.165) is 22.9 Å². The Bertz CT molecular complexity index is 699. The normalized spacial score (nSPS) is 16.6. The first-order valence-electron chi connectivity index (χ1n) is 6.64. The van der Waals surface area contributed by atoms with Crippen LogP contribution in [-0.2, 0) is 6.42 Å². The van der Waals surface area contributed by atoms with Gasteiger partial charge in [0.15, 0.2) is 0 Å². The van der Waals surface area contributed by atoms with Crippen LogP contribution in [0.1, 0.15) is 33.3 Å². The number of amides is 1. The molecule has 1 atom stereocenters. The number of thiophene rings is 1. The first kappa shape index (κ1) is 14.7. The van der Waals surface area contributed by atoms with Gasteiger partial charge in [-0.2, -0.15) is 0 Å². The molecule has 1 amide bonds. The lowest BCUT2D eigenvalue weighted by Gasteiger charge is -2.15. The number of nitrogens with one attached hydrogen (secondary N) is 2. The van der Waals surface area contributed by atoms with Gasteiger partial charge in [0.05, 0.1) is 21.0 Å². The number of carbonyl (C=O) groups is 1. The van der Waals surface area contributed by atoms with Gasteiger partial charge in [-0.05, 0) is 42.7 Å². The predicted octanol–water partition coefficient (Wildman–Crippen LogP) is 4.51. The van der Waals surface area contributed by atoms with Crippen LogP contribution in [0.15, 0.2) is 24.3 Å². The molecule has 3 rings (SSSR count). The summed E-state index contributed by atoms with van der Waals surface area (Å²) in [4.78, 5) is 13.1. The molecule has 0 saturated heterocycles. The quantitative estimate of drug-likeness (QED) is 0.862. The molecular formula is C15H14Cl2N2OS. The first-order chi connectivity index (χ1) is 10.1. The van der Waals surface area contributed by atoms with Crippen molar-refractivity contribution < 1.29 is 4.79 Å². The molecular weight excluding hydrogens is 327 g/mol. The molecule has 1 heterocycles. The van der Waals surface area contributed by atoms with Crippen LogP contribution in [0.5, 0.6) is 0 Å². The van der Waals surface area contributed by atoms with Gasteiger partial charge in [0, 0.05) is 17.6 Å². The zero-order chi connectivity index (χ0) is 15.0. The number of rotatable bonds is 3. The molecule has 1 aliphatic rings. The SMILES string of the molecule is CNC(=O)c1cc(NC2CCc3sc(Cl)cc32)ccc1Cl. The number of carbonyl (C=O) groups excluding carboxylic acids is 1. The second-order valence-corrected chi connectivity index (χ2v) is 7.11. The summed E-state index contributed by atoms with van der Waals surface area (Å²) in [7, 11) is 1.59. The van der Waals surface area contributed by atoms with E-state index in [2.05, 4.69) is 10.6 Å². The van der Waals surface area contributed by atoms with Crippen molar-refractivity contribution in [2.75, 3.05) is 12.4 Å². The van der Waals surface area contributed by atoms with Crippen LogP contribution >= 0.6 is 34.5 Å². The van der Waals surface area contributed by atoms with Crippen LogP contribution < -0.4 is 10.6 Å². The number of benzene rings is 1. The minimum atomic E-state index is -0.186. The van der Waals surface area contributed by atoms with Crippen LogP contribution in [0.2, 0.25) is 9.36 Å². The lowest BCUT2D eigenvalue weighted by Crippen LogP contribution is -2.18. The zero-order valence-electron chi connectivity index (χ0n) is 11.4. The van der Waals surface area contributed by atoms with E-state index in [9.17, 15) is 4.79 Å². The molecule has 1 unspecified atom stereocenters. The third kappa shape index (κ3) is 2.89. The van der Waals surface area contributed by atoms with Crippen molar-refractivity contribution in [2.24, 2.45) is 0 Å². The van der Waals surface area contributed by atoms with Crippen molar-refractivity contribution in [1.29, 1.82) is 0 Å². The minimum absolute atomic E-state index is 0.186. The molecule has 1 aromatic carbocycles. The molecule has 0 bridgehead atoms. The summed E-state index contributed by atoms with van der Waals surface area (Å²) in [5, 5.41) is 6.51. The summed E-state index contributed by atoms with van der Waals surface area (Å²) >= 11 is 13.8. The highest BCUT2D eigenvalue weighted by molar-refractivity contribution is 7.16. The number of halogens is 2. The van der Waals surface area contributed by atoms with E-state index in [1.165, 1.54) is 10.4 Å². The third-order valence-corrected chi connectivity index (χ3v) is 5.30. The number of aryl methyl sites for hydroxylation is 1. The van der Waals surface area contributed by atoms with E-state index in [-0.39, 0.29) is 11.9 Å². The Labute approximate surface area is 137 Å². The highest BCUT2D eigenvalue weighted by Gasteiger charge is 2.25. The maximum absolute atomic E-state index is 11.8. The molecule has 1 aliphatic carbocycles. The zero-order valence-corrected chi connectivity index (χ0v) is 13.7. The van der Waals surface area contributed by atoms with Crippen molar-refractivity contribution in [3.8, 4) is 0 Å². The molecule has 3 nitrogen and oxygen atoms in total. The highest BCUT2D eigenvalue weighted by atomic mass is 35.5. The average Bonchev–Trinajstić information content (AvgIpc) is 3.00. The number of fused-ring (bicyclic) bond motifs is 1. The third-order valence-electron chi connectivity index (χ3n) is 3.63. The van der Waals surface area contributed by atoms with Crippen LogP contribution in [0.3, 0.4) is 0 Å². The molecule has 2 aromatic rings. The van der Waals surface area contributed by atoms with E-state index >= 15 is 0 Å². The fourth-order valence-electron chi connectivity index (χ4n) is 2.60. The van der Waals surface area contributed by atoms with Gasteiger partial charge in [0.1, 0.15) is 0 Å². The van der Waals surface area contributed by atoms with E-state index in [4.69, 9.17) is 23.2 Å². The highest BCUT2D eigenvalue weighted by Crippen LogP contribution is 2.41. The summed E-state index contributed by atoms with van der Waals surface area (Å²) in [5.74, 6) is -0.186. The Morgan fingerprint density at radius 1 is 1.33 bits per heavy atom. The minimum Gasteiger partial charge on any atom is -0.378 e. The molecule has 0 radical (unpaired) electrons. The Kier molecular flexibility index (Phi) is 4.11. The monoisotopic (exact) mass is 340 g/mol. The van der Waals surface area contributed by atoms with E-state index in [1.54, 1.807) is 30.5 Å². The standard InChI is InChI=1S/C15H14Cl2N2OS/c1-18-15(20)9-6-8(2-3-11(9)16)19-12-4-5-13-10(12)7-14(17)21-13/h2-3,6-7,12,19H,4-5H2,1H3,(H,18,20). The maximum Gasteiger partial charge on any atom is 0.252 e. The summed E-state index contributed by atoms with van der Waals surface area (Å²) < 4.78 is 0.827. The average molecular weight is 341 g/mol. The second-order valence-electron chi connectivity index (χ2n) is 4.94. The molecule has 6 heteroatoms. The van der Waals surface area contributed by atoms with Crippen LogP contribution in [0, 0.1) is 0 Å². The fraction of sp³-hybridized carbons (Fsp3) is 0.267. The second kappa shape index (κ2) is 5.87. The Morgan fingerprint density at radius 3 is 2.90 bits per heavy atom.